The number of hydrogen-bond acceptors (Lipinski definition) is 1. The van der Waals surface area contributed by atoms with Crippen LogP contribution in [0.4, 0.5) is 0 Å². The van der Waals surface area contributed by atoms with Crippen molar-refractivity contribution in [3.05, 3.63) is 29.8 Å². The predicted octanol–water partition coefficient (Wildman–Crippen LogP) is 1.66. The van der Waals surface area contributed by atoms with Crippen LogP contribution in [0.15, 0.2) is 24.3 Å². The van der Waals surface area contributed by atoms with E-state index >= 15 is 0 Å². The van der Waals surface area contributed by atoms with Crippen LogP contribution < -0.4 is 4.46 Å². The Hall–Kier alpha value is -0.771. The van der Waals surface area contributed by atoms with Crippen molar-refractivity contribution in [2.24, 2.45) is 0 Å². The Kier molecular flexibility index (Phi) is 3.87. The SMILES string of the molecule is Cc1ccc([Se]CCC#N)cc1. The number of aryl methyl sites for hydroxylation is 1. The van der Waals surface area contributed by atoms with Gasteiger partial charge in [0.1, 0.15) is 0 Å². The van der Waals surface area contributed by atoms with Crippen LogP contribution in [0.1, 0.15) is 12.0 Å². The third-order valence-electron chi connectivity index (χ3n) is 1.50. The second-order valence-corrected chi connectivity index (χ2v) is 5.02. The summed E-state index contributed by atoms with van der Waals surface area (Å²) in [4.78, 5) is 0. The zero-order chi connectivity index (χ0) is 8.81. The van der Waals surface area contributed by atoms with Gasteiger partial charge in [0.05, 0.1) is 0 Å². The van der Waals surface area contributed by atoms with Crippen molar-refractivity contribution in [1.29, 1.82) is 5.26 Å². The first-order valence-corrected chi connectivity index (χ1v) is 5.96. The Bertz CT molecular complexity index is 271. The van der Waals surface area contributed by atoms with Crippen LogP contribution in [-0.4, -0.2) is 15.0 Å². The molecule has 1 aromatic rings. The molecule has 12 heavy (non-hydrogen) atoms. The van der Waals surface area contributed by atoms with E-state index in [1.807, 2.05) is 0 Å². The number of benzene rings is 1. The molecule has 2 heteroatoms. The van der Waals surface area contributed by atoms with Crippen LogP contribution in [0, 0.1) is 18.3 Å². The number of nitriles is 1. The Morgan fingerprint density at radius 3 is 2.58 bits per heavy atom. The maximum absolute atomic E-state index is 8.35. The van der Waals surface area contributed by atoms with Crippen LogP contribution in [0.2, 0.25) is 5.32 Å². The van der Waals surface area contributed by atoms with Gasteiger partial charge in [-0.2, -0.15) is 0 Å². The third kappa shape index (κ3) is 3.09. The van der Waals surface area contributed by atoms with Crippen molar-refractivity contribution in [2.75, 3.05) is 0 Å². The molecule has 0 fully saturated rings. The summed E-state index contributed by atoms with van der Waals surface area (Å²) >= 11 is 0.490. The Morgan fingerprint density at radius 1 is 1.33 bits per heavy atom. The summed E-state index contributed by atoms with van der Waals surface area (Å²) in [5, 5.41) is 9.38. The van der Waals surface area contributed by atoms with Crippen molar-refractivity contribution in [3.8, 4) is 6.07 Å². The number of nitrogens with zero attached hydrogens (tertiary/aromatic N) is 1. The molecule has 0 aliphatic heterocycles. The standard InChI is InChI=1S/C10H11NSe/c1-9-3-5-10(6-4-9)12-8-2-7-11/h3-6H,2,8H2,1H3. The molecular weight excluding hydrogens is 213 g/mol. The summed E-state index contributed by atoms with van der Waals surface area (Å²) in [6, 6.07) is 10.7. The van der Waals surface area contributed by atoms with Crippen molar-refractivity contribution in [3.63, 3.8) is 0 Å². The van der Waals surface area contributed by atoms with Gasteiger partial charge in [-0.25, -0.2) is 0 Å². The van der Waals surface area contributed by atoms with Crippen molar-refractivity contribution in [2.45, 2.75) is 18.7 Å². The van der Waals surface area contributed by atoms with Gasteiger partial charge < -0.3 is 0 Å². The molecule has 0 aliphatic carbocycles. The third-order valence-corrected chi connectivity index (χ3v) is 3.63. The summed E-state index contributed by atoms with van der Waals surface area (Å²) < 4.78 is 1.39. The number of hydrogen-bond donors (Lipinski definition) is 0. The van der Waals surface area contributed by atoms with Crippen LogP contribution >= 0.6 is 0 Å². The first kappa shape index (κ1) is 9.32. The molecule has 0 radical (unpaired) electrons. The van der Waals surface area contributed by atoms with E-state index in [4.69, 9.17) is 5.26 Å². The van der Waals surface area contributed by atoms with Gasteiger partial charge in [-0.3, -0.25) is 0 Å². The maximum atomic E-state index is 8.35. The van der Waals surface area contributed by atoms with Gasteiger partial charge in [-0.15, -0.1) is 0 Å². The molecule has 1 aromatic carbocycles. The van der Waals surface area contributed by atoms with Crippen molar-refractivity contribution < 1.29 is 0 Å². The van der Waals surface area contributed by atoms with Crippen LogP contribution in [0.3, 0.4) is 0 Å². The fourth-order valence-corrected chi connectivity index (χ4v) is 2.44. The summed E-state index contributed by atoms with van der Waals surface area (Å²) in [5.74, 6) is 0. The molecule has 0 aromatic heterocycles. The Balaban J connectivity index is 2.43. The molecule has 0 aliphatic rings. The second kappa shape index (κ2) is 4.98. The zero-order valence-electron chi connectivity index (χ0n) is 7.08. The fourth-order valence-electron chi connectivity index (χ4n) is 0.849. The molecule has 0 saturated carbocycles. The van der Waals surface area contributed by atoms with E-state index in [2.05, 4.69) is 37.3 Å². The molecule has 0 spiro atoms. The Labute approximate surface area is 79.6 Å². The first-order chi connectivity index (χ1) is 5.83. The average Bonchev–Trinajstić information content (AvgIpc) is 2.09. The molecule has 0 amide bonds. The molecule has 0 N–H and O–H groups in total. The van der Waals surface area contributed by atoms with Gasteiger partial charge in [0.25, 0.3) is 0 Å². The van der Waals surface area contributed by atoms with E-state index in [0.29, 0.717) is 21.4 Å². The molecule has 0 atom stereocenters. The molecule has 0 bridgehead atoms. The minimum absolute atomic E-state index is 0.490. The molecule has 0 heterocycles. The molecule has 62 valence electrons. The Morgan fingerprint density at radius 2 is 2.00 bits per heavy atom. The average molecular weight is 224 g/mol. The van der Waals surface area contributed by atoms with E-state index in [1.165, 1.54) is 10.0 Å². The summed E-state index contributed by atoms with van der Waals surface area (Å²) in [7, 11) is 0. The van der Waals surface area contributed by atoms with Gasteiger partial charge in [-0.1, -0.05) is 0 Å². The quantitative estimate of drug-likeness (QED) is 0.565. The van der Waals surface area contributed by atoms with Gasteiger partial charge in [-0.05, 0) is 0 Å². The van der Waals surface area contributed by atoms with Gasteiger partial charge in [0.15, 0.2) is 0 Å². The second-order valence-electron chi connectivity index (χ2n) is 2.57. The number of rotatable bonds is 3. The van der Waals surface area contributed by atoms with E-state index in [0.717, 1.165) is 5.32 Å². The first-order valence-electron chi connectivity index (χ1n) is 3.89. The molecule has 0 unspecified atom stereocenters. The molecule has 1 rings (SSSR count). The van der Waals surface area contributed by atoms with Crippen molar-refractivity contribution in [1.82, 2.24) is 0 Å². The monoisotopic (exact) mass is 225 g/mol. The van der Waals surface area contributed by atoms with Crippen LogP contribution in [0.5, 0.6) is 0 Å². The zero-order valence-corrected chi connectivity index (χ0v) is 8.79. The van der Waals surface area contributed by atoms with E-state index in [1.54, 1.807) is 0 Å². The van der Waals surface area contributed by atoms with E-state index in [-0.39, 0.29) is 0 Å². The molecular formula is C10H11NSe. The van der Waals surface area contributed by atoms with Gasteiger partial charge >= 0.3 is 79.2 Å². The van der Waals surface area contributed by atoms with Gasteiger partial charge in [0.2, 0.25) is 0 Å². The normalized spacial score (nSPS) is 9.33. The van der Waals surface area contributed by atoms with Gasteiger partial charge in [0, 0.05) is 0 Å². The summed E-state index contributed by atoms with van der Waals surface area (Å²) in [5.41, 5.74) is 1.30. The van der Waals surface area contributed by atoms with Crippen molar-refractivity contribution >= 4 is 19.4 Å². The molecule has 1 nitrogen and oxygen atoms in total. The fraction of sp³-hybridized carbons (Fsp3) is 0.300. The predicted molar refractivity (Wildman–Crippen MR) is 51.6 cm³/mol. The minimum atomic E-state index is 0.490. The van der Waals surface area contributed by atoms with Crippen LogP contribution in [-0.2, 0) is 0 Å². The summed E-state index contributed by atoms with van der Waals surface area (Å²) in [6.07, 6.45) is 0.688. The molecule has 0 saturated heterocycles. The summed E-state index contributed by atoms with van der Waals surface area (Å²) in [6.45, 7) is 2.09. The van der Waals surface area contributed by atoms with E-state index < -0.39 is 0 Å². The topological polar surface area (TPSA) is 23.8 Å². The van der Waals surface area contributed by atoms with E-state index in [9.17, 15) is 0 Å². The van der Waals surface area contributed by atoms with Crippen LogP contribution in [0.25, 0.3) is 0 Å².